The summed E-state index contributed by atoms with van der Waals surface area (Å²) in [4.78, 5) is 33.1. The van der Waals surface area contributed by atoms with Crippen LogP contribution in [-0.2, 0) is 16.1 Å². The number of rotatable bonds is 3. The highest BCUT2D eigenvalue weighted by Gasteiger charge is 2.30. The van der Waals surface area contributed by atoms with Crippen molar-refractivity contribution < 1.29 is 14.6 Å². The van der Waals surface area contributed by atoms with Crippen LogP contribution >= 0.6 is 0 Å². The van der Waals surface area contributed by atoms with Crippen LogP contribution in [0.15, 0.2) is 21.7 Å². The van der Waals surface area contributed by atoms with Crippen molar-refractivity contribution in [3.8, 4) is 0 Å². The molecule has 7 heteroatoms. The number of ether oxygens (including phenoxy) is 1. The van der Waals surface area contributed by atoms with Gasteiger partial charge in [0.1, 0.15) is 0 Å². The van der Waals surface area contributed by atoms with E-state index in [0.717, 1.165) is 10.7 Å². The molecule has 2 rings (SSSR count). The monoisotopic (exact) mass is 240 g/mol. The van der Waals surface area contributed by atoms with Crippen LogP contribution in [0.2, 0.25) is 0 Å². The van der Waals surface area contributed by atoms with Gasteiger partial charge in [-0.3, -0.25) is 14.7 Å². The molecule has 1 fully saturated rings. The highest BCUT2D eigenvalue weighted by molar-refractivity contribution is 5.72. The topological polar surface area (TPSA) is 101 Å². The Labute approximate surface area is 95.6 Å². The minimum Gasteiger partial charge on any atom is -0.479 e. The first-order valence-corrected chi connectivity index (χ1v) is 5.24. The zero-order valence-corrected chi connectivity index (χ0v) is 8.96. The van der Waals surface area contributed by atoms with E-state index in [4.69, 9.17) is 9.84 Å². The molecule has 0 bridgehead atoms. The molecule has 2 N–H and O–H groups in total. The van der Waals surface area contributed by atoms with Crippen molar-refractivity contribution in [1.82, 2.24) is 9.78 Å². The second-order valence-corrected chi connectivity index (χ2v) is 3.92. The maximum absolute atomic E-state index is 11.4. The number of aromatic amines is 1. The number of carboxylic acids is 1. The summed E-state index contributed by atoms with van der Waals surface area (Å²) in [6.45, 7) is 0.165. The number of nitrogens with one attached hydrogen (secondary N) is 1. The molecular formula is C10H12N2O5. The Morgan fingerprint density at radius 2 is 2.24 bits per heavy atom. The summed E-state index contributed by atoms with van der Waals surface area (Å²) in [7, 11) is 0. The fourth-order valence-electron chi connectivity index (χ4n) is 1.82. The summed E-state index contributed by atoms with van der Waals surface area (Å²) in [6, 6.07) is 2.32. The smallest absolute Gasteiger partial charge is 0.332 e. The Morgan fingerprint density at radius 1 is 1.47 bits per heavy atom. The second kappa shape index (κ2) is 4.54. The number of aliphatic carboxylic acids is 1. The zero-order valence-electron chi connectivity index (χ0n) is 8.96. The van der Waals surface area contributed by atoms with Gasteiger partial charge in [-0.05, 0) is 12.8 Å². The SMILES string of the molecule is O=C(O)C1CCC(Cn2[nH]c(=O)ccc2=O)O1. The van der Waals surface area contributed by atoms with E-state index >= 15 is 0 Å². The van der Waals surface area contributed by atoms with Crippen molar-refractivity contribution >= 4 is 5.97 Å². The third kappa shape index (κ3) is 2.62. The van der Waals surface area contributed by atoms with E-state index in [1.807, 2.05) is 0 Å². The lowest BCUT2D eigenvalue weighted by Crippen LogP contribution is -2.33. The van der Waals surface area contributed by atoms with Gasteiger partial charge in [0.15, 0.2) is 6.10 Å². The van der Waals surface area contributed by atoms with Crippen LogP contribution in [0.5, 0.6) is 0 Å². The van der Waals surface area contributed by atoms with E-state index in [9.17, 15) is 14.4 Å². The van der Waals surface area contributed by atoms with Crippen LogP contribution in [0, 0.1) is 0 Å². The Hall–Kier alpha value is -1.89. The van der Waals surface area contributed by atoms with Crippen LogP contribution in [0.1, 0.15) is 12.8 Å². The molecule has 7 nitrogen and oxygen atoms in total. The van der Waals surface area contributed by atoms with E-state index < -0.39 is 12.1 Å². The summed E-state index contributed by atoms with van der Waals surface area (Å²) in [5.41, 5.74) is -0.718. The average Bonchev–Trinajstić information content (AvgIpc) is 2.72. The molecule has 1 aromatic rings. The molecule has 0 aliphatic carbocycles. The molecule has 1 aromatic heterocycles. The molecule has 17 heavy (non-hydrogen) atoms. The van der Waals surface area contributed by atoms with Gasteiger partial charge in [-0.2, -0.15) is 0 Å². The maximum atomic E-state index is 11.4. The van der Waals surface area contributed by atoms with Crippen LogP contribution in [0.25, 0.3) is 0 Å². The van der Waals surface area contributed by atoms with Crippen LogP contribution in [-0.4, -0.2) is 33.1 Å². The first-order chi connectivity index (χ1) is 8.06. The van der Waals surface area contributed by atoms with Gasteiger partial charge in [0, 0.05) is 12.1 Å². The maximum Gasteiger partial charge on any atom is 0.332 e. The van der Waals surface area contributed by atoms with Crippen LogP contribution < -0.4 is 11.1 Å². The number of nitrogens with zero attached hydrogens (tertiary/aromatic N) is 1. The molecule has 1 aliphatic rings. The first kappa shape index (κ1) is 11.6. The fraction of sp³-hybridized carbons (Fsp3) is 0.500. The van der Waals surface area contributed by atoms with Crippen LogP contribution in [0.3, 0.4) is 0 Å². The number of hydrogen-bond acceptors (Lipinski definition) is 4. The first-order valence-electron chi connectivity index (χ1n) is 5.24. The highest BCUT2D eigenvalue weighted by Crippen LogP contribution is 2.20. The molecule has 0 saturated carbocycles. The lowest BCUT2D eigenvalue weighted by molar-refractivity contribution is -0.149. The molecule has 2 atom stereocenters. The van der Waals surface area contributed by atoms with Crippen LogP contribution in [0.4, 0.5) is 0 Å². The Balaban J connectivity index is 2.08. The molecule has 1 aliphatic heterocycles. The quantitative estimate of drug-likeness (QED) is 0.718. The number of aromatic nitrogens is 2. The second-order valence-electron chi connectivity index (χ2n) is 3.92. The highest BCUT2D eigenvalue weighted by atomic mass is 16.5. The van der Waals surface area contributed by atoms with E-state index in [1.54, 1.807) is 0 Å². The Kier molecular flexibility index (Phi) is 3.10. The third-order valence-electron chi connectivity index (χ3n) is 2.66. The van der Waals surface area contributed by atoms with Gasteiger partial charge >= 0.3 is 5.97 Å². The van der Waals surface area contributed by atoms with Gasteiger partial charge in [0.2, 0.25) is 0 Å². The number of H-pyrrole nitrogens is 1. The molecule has 2 unspecified atom stereocenters. The normalized spacial score (nSPS) is 23.8. The lowest BCUT2D eigenvalue weighted by Gasteiger charge is -2.12. The predicted octanol–water partition coefficient (Wildman–Crippen LogP) is -0.831. The molecular weight excluding hydrogens is 228 g/mol. The standard InChI is InChI=1S/C10H12N2O5/c13-8-3-4-9(14)12(11-8)5-6-1-2-7(17-6)10(15)16/h3-4,6-7H,1-2,5H2,(H,11,13)(H,15,16). The summed E-state index contributed by atoms with van der Waals surface area (Å²) in [5, 5.41) is 11.1. The summed E-state index contributed by atoms with van der Waals surface area (Å²) < 4.78 is 6.38. The molecule has 0 amide bonds. The van der Waals surface area contributed by atoms with E-state index in [0.29, 0.717) is 12.8 Å². The zero-order chi connectivity index (χ0) is 12.4. The molecule has 1 saturated heterocycles. The van der Waals surface area contributed by atoms with Crippen molar-refractivity contribution in [1.29, 1.82) is 0 Å². The number of carbonyl (C=O) groups is 1. The minimum absolute atomic E-state index is 0.165. The molecule has 0 radical (unpaired) electrons. The van der Waals surface area contributed by atoms with Gasteiger partial charge in [-0.25, -0.2) is 9.48 Å². The Morgan fingerprint density at radius 3 is 2.88 bits per heavy atom. The lowest BCUT2D eigenvalue weighted by atomic mass is 10.2. The van der Waals surface area contributed by atoms with E-state index in [2.05, 4.69) is 5.10 Å². The Bertz CT molecular complexity index is 532. The summed E-state index contributed by atoms with van der Waals surface area (Å²) in [6.07, 6.45) is -0.190. The van der Waals surface area contributed by atoms with Gasteiger partial charge in [-0.15, -0.1) is 0 Å². The van der Waals surface area contributed by atoms with E-state index in [1.165, 1.54) is 6.07 Å². The van der Waals surface area contributed by atoms with Crippen molar-refractivity contribution in [2.24, 2.45) is 0 Å². The number of hydrogen-bond donors (Lipinski definition) is 2. The molecule has 0 aromatic carbocycles. The summed E-state index contributed by atoms with van der Waals surface area (Å²) in [5.74, 6) is -0.999. The van der Waals surface area contributed by atoms with E-state index in [-0.39, 0.29) is 23.8 Å². The van der Waals surface area contributed by atoms with Gasteiger partial charge in [0.05, 0.1) is 12.6 Å². The van der Waals surface area contributed by atoms with Gasteiger partial charge in [0.25, 0.3) is 11.1 Å². The minimum atomic E-state index is -0.999. The summed E-state index contributed by atoms with van der Waals surface area (Å²) >= 11 is 0. The van der Waals surface area contributed by atoms with Gasteiger partial charge < -0.3 is 9.84 Å². The predicted molar refractivity (Wildman–Crippen MR) is 56.9 cm³/mol. The van der Waals surface area contributed by atoms with Crippen molar-refractivity contribution in [3.05, 3.63) is 32.8 Å². The average molecular weight is 240 g/mol. The number of carboxylic acid groups (broad SMARTS) is 1. The van der Waals surface area contributed by atoms with Crippen molar-refractivity contribution in [2.75, 3.05) is 0 Å². The molecule has 2 heterocycles. The van der Waals surface area contributed by atoms with Crippen molar-refractivity contribution in [2.45, 2.75) is 31.6 Å². The fourth-order valence-corrected chi connectivity index (χ4v) is 1.82. The largest absolute Gasteiger partial charge is 0.479 e. The van der Waals surface area contributed by atoms with Crippen molar-refractivity contribution in [3.63, 3.8) is 0 Å². The molecule has 0 spiro atoms. The van der Waals surface area contributed by atoms with Gasteiger partial charge in [-0.1, -0.05) is 0 Å². The molecule has 92 valence electrons. The third-order valence-corrected chi connectivity index (χ3v) is 2.66.